The molecule has 2 aromatic rings. The third kappa shape index (κ3) is 7.34. The molecule has 0 heterocycles. The molecule has 0 bridgehead atoms. The highest BCUT2D eigenvalue weighted by molar-refractivity contribution is 5.89. The van der Waals surface area contributed by atoms with Gasteiger partial charge in [0.15, 0.2) is 6.61 Å². The Morgan fingerprint density at radius 2 is 1.74 bits per heavy atom. The lowest BCUT2D eigenvalue weighted by Crippen LogP contribution is -2.39. The van der Waals surface area contributed by atoms with Crippen molar-refractivity contribution >= 4 is 11.9 Å². The molecule has 1 unspecified atom stereocenters. The fourth-order valence-corrected chi connectivity index (χ4v) is 4.47. The average Bonchev–Trinajstić information content (AvgIpc) is 2.86. The third-order valence-electron chi connectivity index (χ3n) is 6.92. The van der Waals surface area contributed by atoms with E-state index < -0.39 is 17.5 Å². The molecule has 34 heavy (non-hydrogen) atoms. The van der Waals surface area contributed by atoms with Gasteiger partial charge in [0.1, 0.15) is 18.0 Å². The fraction of sp³-hybridized carbons (Fsp3) is 0.517. The first-order valence-corrected chi connectivity index (χ1v) is 12.5. The van der Waals surface area contributed by atoms with Gasteiger partial charge in [-0.1, -0.05) is 63.4 Å². The highest BCUT2D eigenvalue weighted by Gasteiger charge is 2.34. The van der Waals surface area contributed by atoms with Crippen molar-refractivity contribution in [2.24, 2.45) is 5.92 Å². The maximum absolute atomic E-state index is 12.5. The number of hydrogen-bond donors (Lipinski definition) is 0. The molecule has 0 N–H and O–H groups in total. The van der Waals surface area contributed by atoms with Crippen molar-refractivity contribution in [1.29, 1.82) is 0 Å². The van der Waals surface area contributed by atoms with Crippen molar-refractivity contribution in [1.82, 2.24) is 0 Å². The van der Waals surface area contributed by atoms with E-state index in [1.165, 1.54) is 24.8 Å². The summed E-state index contributed by atoms with van der Waals surface area (Å²) in [6.45, 7) is 8.33. The SMILES string of the molecule is CCC(C)c1ccc(COC(=O)c2cccc(OCC(=O)OC(C)(C)C3CCCCC3)c2)cc1. The highest BCUT2D eigenvalue weighted by Crippen LogP contribution is 2.34. The van der Waals surface area contributed by atoms with Crippen LogP contribution in [0, 0.1) is 5.92 Å². The van der Waals surface area contributed by atoms with Crippen LogP contribution in [0.5, 0.6) is 5.75 Å². The number of ether oxygens (including phenoxy) is 3. The number of esters is 2. The molecule has 0 spiro atoms. The Morgan fingerprint density at radius 1 is 1.03 bits per heavy atom. The molecule has 0 radical (unpaired) electrons. The van der Waals surface area contributed by atoms with Gasteiger partial charge in [0.2, 0.25) is 0 Å². The zero-order chi connectivity index (χ0) is 24.6. The molecule has 0 aromatic heterocycles. The normalized spacial score (nSPS) is 15.4. The summed E-state index contributed by atoms with van der Waals surface area (Å²) in [6, 6.07) is 14.8. The second-order valence-electron chi connectivity index (χ2n) is 9.86. The molecule has 1 saturated carbocycles. The maximum Gasteiger partial charge on any atom is 0.344 e. The molecule has 2 aromatic carbocycles. The molecule has 3 rings (SSSR count). The number of rotatable bonds is 10. The van der Waals surface area contributed by atoms with Crippen LogP contribution in [-0.4, -0.2) is 24.1 Å². The van der Waals surface area contributed by atoms with Gasteiger partial charge in [-0.3, -0.25) is 0 Å². The van der Waals surface area contributed by atoms with Crippen LogP contribution >= 0.6 is 0 Å². The Labute approximate surface area is 203 Å². The van der Waals surface area contributed by atoms with Crippen LogP contribution in [0.2, 0.25) is 0 Å². The molecule has 0 amide bonds. The Hall–Kier alpha value is -2.82. The molecule has 1 aliphatic carbocycles. The van der Waals surface area contributed by atoms with Crippen molar-refractivity contribution < 1.29 is 23.8 Å². The second-order valence-corrected chi connectivity index (χ2v) is 9.86. The number of carbonyl (C=O) groups is 2. The summed E-state index contributed by atoms with van der Waals surface area (Å²) in [5, 5.41) is 0. The van der Waals surface area contributed by atoms with Crippen molar-refractivity contribution in [3.05, 3.63) is 65.2 Å². The van der Waals surface area contributed by atoms with Gasteiger partial charge in [0, 0.05) is 0 Å². The van der Waals surface area contributed by atoms with Crippen molar-refractivity contribution in [3.8, 4) is 5.75 Å². The number of hydrogen-bond acceptors (Lipinski definition) is 5. The summed E-state index contributed by atoms with van der Waals surface area (Å²) in [5.41, 5.74) is 2.10. The van der Waals surface area contributed by atoms with E-state index in [2.05, 4.69) is 26.0 Å². The molecule has 1 aliphatic rings. The molecule has 1 fully saturated rings. The molecule has 0 aliphatic heterocycles. The molecule has 1 atom stereocenters. The van der Waals surface area contributed by atoms with Crippen LogP contribution in [0.4, 0.5) is 0 Å². The van der Waals surface area contributed by atoms with Crippen LogP contribution in [0.25, 0.3) is 0 Å². The second kappa shape index (κ2) is 12.0. The largest absolute Gasteiger partial charge is 0.482 e. The van der Waals surface area contributed by atoms with E-state index in [0.29, 0.717) is 23.1 Å². The summed E-state index contributed by atoms with van der Waals surface area (Å²) in [4.78, 5) is 24.9. The van der Waals surface area contributed by atoms with Gasteiger partial charge in [-0.2, -0.15) is 0 Å². The van der Waals surface area contributed by atoms with Gasteiger partial charge in [0.05, 0.1) is 5.56 Å². The smallest absolute Gasteiger partial charge is 0.344 e. The molecule has 0 saturated heterocycles. The molecular formula is C29H38O5. The quantitative estimate of drug-likeness (QED) is 0.359. The first-order valence-electron chi connectivity index (χ1n) is 12.5. The van der Waals surface area contributed by atoms with Crippen LogP contribution in [0.1, 0.15) is 93.6 Å². The van der Waals surface area contributed by atoms with Crippen LogP contribution < -0.4 is 4.74 Å². The van der Waals surface area contributed by atoms with Gasteiger partial charge in [-0.15, -0.1) is 0 Å². The Morgan fingerprint density at radius 3 is 2.41 bits per heavy atom. The van der Waals surface area contributed by atoms with E-state index in [1.807, 2.05) is 26.0 Å². The molecule has 5 heteroatoms. The van der Waals surface area contributed by atoms with E-state index in [-0.39, 0.29) is 13.2 Å². The first kappa shape index (κ1) is 25.8. The number of carbonyl (C=O) groups excluding carboxylic acids is 2. The van der Waals surface area contributed by atoms with E-state index >= 15 is 0 Å². The summed E-state index contributed by atoms with van der Waals surface area (Å²) in [7, 11) is 0. The molecule has 184 valence electrons. The fourth-order valence-electron chi connectivity index (χ4n) is 4.47. The predicted octanol–water partition coefficient (Wildman–Crippen LogP) is 6.84. The van der Waals surface area contributed by atoms with E-state index in [4.69, 9.17) is 14.2 Å². The minimum Gasteiger partial charge on any atom is -0.482 e. The Kier molecular flexibility index (Phi) is 9.14. The lowest BCUT2D eigenvalue weighted by atomic mass is 9.79. The van der Waals surface area contributed by atoms with Crippen LogP contribution in [-0.2, 0) is 20.9 Å². The Balaban J connectivity index is 1.49. The zero-order valence-electron chi connectivity index (χ0n) is 21.0. The zero-order valence-corrected chi connectivity index (χ0v) is 21.0. The van der Waals surface area contributed by atoms with Crippen molar-refractivity contribution in [3.63, 3.8) is 0 Å². The predicted molar refractivity (Wildman–Crippen MR) is 133 cm³/mol. The summed E-state index contributed by atoms with van der Waals surface area (Å²) >= 11 is 0. The monoisotopic (exact) mass is 466 g/mol. The maximum atomic E-state index is 12.5. The van der Waals surface area contributed by atoms with Gasteiger partial charge in [0.25, 0.3) is 0 Å². The van der Waals surface area contributed by atoms with Gasteiger partial charge in [-0.05, 0) is 74.3 Å². The van der Waals surface area contributed by atoms with Gasteiger partial charge >= 0.3 is 11.9 Å². The summed E-state index contributed by atoms with van der Waals surface area (Å²) < 4.78 is 16.8. The van der Waals surface area contributed by atoms with E-state index in [0.717, 1.165) is 24.8 Å². The first-order chi connectivity index (χ1) is 16.3. The molecule has 5 nitrogen and oxygen atoms in total. The standard InChI is InChI=1S/C29H38O5/c1-5-21(2)23-16-14-22(15-17-23)19-33-28(31)24-10-9-13-26(18-24)32-20-27(30)34-29(3,4)25-11-7-6-8-12-25/h9-10,13-18,21,25H,5-8,11-12,19-20H2,1-4H3. The lowest BCUT2D eigenvalue weighted by Gasteiger charge is -2.36. The summed E-state index contributed by atoms with van der Waals surface area (Å²) in [6.07, 6.45) is 6.90. The van der Waals surface area contributed by atoms with E-state index in [9.17, 15) is 9.59 Å². The van der Waals surface area contributed by atoms with E-state index in [1.54, 1.807) is 24.3 Å². The third-order valence-corrected chi connectivity index (χ3v) is 6.92. The highest BCUT2D eigenvalue weighted by atomic mass is 16.6. The topological polar surface area (TPSA) is 61.8 Å². The van der Waals surface area contributed by atoms with Crippen LogP contribution in [0.3, 0.4) is 0 Å². The summed E-state index contributed by atoms with van der Waals surface area (Å²) in [5.74, 6) is 0.492. The Bertz CT molecular complexity index is 941. The lowest BCUT2D eigenvalue weighted by molar-refractivity contribution is -0.165. The molecular weight excluding hydrogens is 428 g/mol. The van der Waals surface area contributed by atoms with Gasteiger partial charge in [-0.25, -0.2) is 9.59 Å². The van der Waals surface area contributed by atoms with Crippen molar-refractivity contribution in [2.45, 2.75) is 84.3 Å². The average molecular weight is 467 g/mol. The minimum atomic E-state index is -0.501. The minimum absolute atomic E-state index is 0.197. The number of benzene rings is 2. The van der Waals surface area contributed by atoms with Crippen molar-refractivity contribution in [2.75, 3.05) is 6.61 Å². The van der Waals surface area contributed by atoms with Gasteiger partial charge < -0.3 is 14.2 Å². The van der Waals surface area contributed by atoms with Crippen LogP contribution in [0.15, 0.2) is 48.5 Å².